The fraction of sp³-hybridized carbons (Fsp3) is 0.440. The van der Waals surface area contributed by atoms with Crippen LogP contribution < -0.4 is 5.32 Å². The molecule has 0 unspecified atom stereocenters. The zero-order chi connectivity index (χ0) is 21.0. The number of aryl methyl sites for hydroxylation is 1. The number of rotatable bonds is 4. The lowest BCUT2D eigenvalue weighted by Crippen LogP contribution is -2.42. The second kappa shape index (κ2) is 8.81. The van der Waals surface area contributed by atoms with E-state index in [1.165, 1.54) is 11.1 Å². The van der Waals surface area contributed by atoms with Gasteiger partial charge in [0.25, 0.3) is 0 Å². The molecule has 4 nitrogen and oxygen atoms in total. The lowest BCUT2D eigenvalue weighted by atomic mass is 9.87. The van der Waals surface area contributed by atoms with E-state index in [-0.39, 0.29) is 23.1 Å². The molecule has 1 N–H and O–H groups in total. The largest absolute Gasteiger partial charge is 0.342 e. The molecule has 1 fully saturated rings. The SMILES string of the molecule is Cc1cccc(CC(=O)N2CCC(C(=O)Nc3ccc(C(C)(C)C)cc3)CC2)c1. The molecule has 2 aromatic carbocycles. The van der Waals surface area contributed by atoms with E-state index in [9.17, 15) is 9.59 Å². The summed E-state index contributed by atoms with van der Waals surface area (Å²) in [5.74, 6) is 0.159. The van der Waals surface area contributed by atoms with Crippen LogP contribution in [0.2, 0.25) is 0 Å². The Hall–Kier alpha value is -2.62. The third kappa shape index (κ3) is 5.69. The van der Waals surface area contributed by atoms with Crippen LogP contribution in [0.3, 0.4) is 0 Å². The number of nitrogens with one attached hydrogen (secondary N) is 1. The Labute approximate surface area is 174 Å². The summed E-state index contributed by atoms with van der Waals surface area (Å²) >= 11 is 0. The summed E-state index contributed by atoms with van der Waals surface area (Å²) in [7, 11) is 0. The molecule has 29 heavy (non-hydrogen) atoms. The van der Waals surface area contributed by atoms with Crippen molar-refractivity contribution in [2.45, 2.75) is 52.4 Å². The predicted molar refractivity (Wildman–Crippen MR) is 118 cm³/mol. The molecule has 0 atom stereocenters. The number of carbonyl (C=O) groups is 2. The Morgan fingerprint density at radius 1 is 1.03 bits per heavy atom. The van der Waals surface area contributed by atoms with Crippen LogP contribution in [0.5, 0.6) is 0 Å². The second-order valence-corrected chi connectivity index (χ2v) is 9.14. The van der Waals surface area contributed by atoms with Crippen molar-refractivity contribution < 1.29 is 9.59 Å². The van der Waals surface area contributed by atoms with Crippen LogP contribution in [0, 0.1) is 12.8 Å². The van der Waals surface area contributed by atoms with Crippen molar-refractivity contribution in [2.75, 3.05) is 18.4 Å². The summed E-state index contributed by atoms with van der Waals surface area (Å²) in [6, 6.07) is 16.2. The first-order valence-electron chi connectivity index (χ1n) is 10.5. The average molecular weight is 393 g/mol. The summed E-state index contributed by atoms with van der Waals surface area (Å²) in [5.41, 5.74) is 4.40. The first-order valence-corrected chi connectivity index (χ1v) is 10.5. The Bertz CT molecular complexity index is 857. The molecule has 1 aliphatic rings. The molecule has 0 aromatic heterocycles. The molecule has 2 aromatic rings. The number of amides is 2. The number of carbonyl (C=O) groups excluding carboxylic acids is 2. The van der Waals surface area contributed by atoms with Crippen molar-refractivity contribution in [1.82, 2.24) is 4.90 Å². The Balaban J connectivity index is 1.49. The van der Waals surface area contributed by atoms with Gasteiger partial charge in [0, 0.05) is 24.7 Å². The summed E-state index contributed by atoms with van der Waals surface area (Å²) in [4.78, 5) is 27.1. The number of likely N-dealkylation sites (tertiary alicyclic amines) is 1. The van der Waals surface area contributed by atoms with Crippen LogP contribution >= 0.6 is 0 Å². The van der Waals surface area contributed by atoms with Gasteiger partial charge in [-0.2, -0.15) is 0 Å². The van der Waals surface area contributed by atoms with Gasteiger partial charge in [-0.3, -0.25) is 9.59 Å². The highest BCUT2D eigenvalue weighted by Gasteiger charge is 2.27. The van der Waals surface area contributed by atoms with E-state index >= 15 is 0 Å². The van der Waals surface area contributed by atoms with E-state index in [1.807, 2.05) is 42.2 Å². The van der Waals surface area contributed by atoms with Crippen LogP contribution in [0.1, 0.15) is 50.3 Å². The Morgan fingerprint density at radius 2 is 1.69 bits per heavy atom. The summed E-state index contributed by atoms with van der Waals surface area (Å²) < 4.78 is 0. The van der Waals surface area contributed by atoms with Gasteiger partial charge in [0.05, 0.1) is 6.42 Å². The van der Waals surface area contributed by atoms with Crippen LogP contribution in [0.25, 0.3) is 0 Å². The third-order valence-electron chi connectivity index (χ3n) is 5.67. The number of anilines is 1. The number of piperidine rings is 1. The first kappa shape index (κ1) is 21.1. The lowest BCUT2D eigenvalue weighted by Gasteiger charge is -2.31. The molecule has 1 heterocycles. The topological polar surface area (TPSA) is 49.4 Å². The van der Waals surface area contributed by atoms with E-state index in [2.05, 4.69) is 44.3 Å². The zero-order valence-corrected chi connectivity index (χ0v) is 18.0. The Kier molecular flexibility index (Phi) is 6.41. The van der Waals surface area contributed by atoms with E-state index in [1.54, 1.807) is 0 Å². The first-order chi connectivity index (χ1) is 13.7. The molecule has 154 valence electrons. The van der Waals surface area contributed by atoms with Gasteiger partial charge in [0.15, 0.2) is 0 Å². The highest BCUT2D eigenvalue weighted by Crippen LogP contribution is 2.25. The minimum Gasteiger partial charge on any atom is -0.342 e. The molecule has 3 rings (SSSR count). The minimum atomic E-state index is -0.0414. The van der Waals surface area contributed by atoms with E-state index < -0.39 is 0 Å². The van der Waals surface area contributed by atoms with Gasteiger partial charge < -0.3 is 10.2 Å². The molecule has 2 amide bonds. The van der Waals surface area contributed by atoms with Crippen molar-refractivity contribution in [3.8, 4) is 0 Å². The molecule has 1 aliphatic heterocycles. The molecular formula is C25H32N2O2. The maximum Gasteiger partial charge on any atom is 0.227 e. The summed E-state index contributed by atoms with van der Waals surface area (Å²) in [5, 5.41) is 3.04. The summed E-state index contributed by atoms with van der Waals surface area (Å²) in [6.45, 7) is 9.85. The number of hydrogen-bond acceptors (Lipinski definition) is 2. The molecule has 1 saturated heterocycles. The van der Waals surface area contributed by atoms with Crippen LogP contribution in [0.4, 0.5) is 5.69 Å². The molecule has 4 heteroatoms. The van der Waals surface area contributed by atoms with Gasteiger partial charge in [-0.15, -0.1) is 0 Å². The van der Waals surface area contributed by atoms with E-state index in [0.717, 1.165) is 11.3 Å². The van der Waals surface area contributed by atoms with E-state index in [4.69, 9.17) is 0 Å². The van der Waals surface area contributed by atoms with Gasteiger partial charge in [-0.25, -0.2) is 0 Å². The number of hydrogen-bond donors (Lipinski definition) is 1. The number of benzene rings is 2. The van der Waals surface area contributed by atoms with Crippen molar-refractivity contribution in [2.24, 2.45) is 5.92 Å². The zero-order valence-electron chi connectivity index (χ0n) is 18.0. The van der Waals surface area contributed by atoms with Crippen LogP contribution in [0.15, 0.2) is 48.5 Å². The lowest BCUT2D eigenvalue weighted by molar-refractivity contribution is -0.133. The molecule has 0 radical (unpaired) electrons. The highest BCUT2D eigenvalue weighted by atomic mass is 16.2. The smallest absolute Gasteiger partial charge is 0.227 e. The van der Waals surface area contributed by atoms with Gasteiger partial charge in [-0.05, 0) is 48.4 Å². The maximum absolute atomic E-state index is 12.6. The average Bonchev–Trinajstić information content (AvgIpc) is 2.68. The monoisotopic (exact) mass is 392 g/mol. The van der Waals surface area contributed by atoms with Gasteiger partial charge >= 0.3 is 0 Å². The second-order valence-electron chi connectivity index (χ2n) is 9.14. The van der Waals surface area contributed by atoms with Crippen LogP contribution in [-0.4, -0.2) is 29.8 Å². The Morgan fingerprint density at radius 3 is 2.28 bits per heavy atom. The molecule has 0 bridgehead atoms. The highest BCUT2D eigenvalue weighted by molar-refractivity contribution is 5.92. The molecule has 0 aliphatic carbocycles. The molecule has 0 spiro atoms. The standard InChI is InChI=1S/C25H32N2O2/c1-18-6-5-7-19(16-18)17-23(28)27-14-12-20(13-15-27)24(29)26-22-10-8-21(9-11-22)25(2,3)4/h5-11,16,20H,12-15,17H2,1-4H3,(H,26,29). The fourth-order valence-electron chi connectivity index (χ4n) is 3.80. The quantitative estimate of drug-likeness (QED) is 0.819. The van der Waals surface area contributed by atoms with Crippen molar-refractivity contribution >= 4 is 17.5 Å². The fourth-order valence-corrected chi connectivity index (χ4v) is 3.80. The molecular weight excluding hydrogens is 360 g/mol. The minimum absolute atomic E-state index is 0.0414. The molecule has 0 saturated carbocycles. The predicted octanol–water partition coefficient (Wildman–Crippen LogP) is 4.71. The normalized spacial score (nSPS) is 15.2. The van der Waals surface area contributed by atoms with Crippen LogP contribution in [-0.2, 0) is 21.4 Å². The van der Waals surface area contributed by atoms with Gasteiger partial charge in [0.2, 0.25) is 11.8 Å². The van der Waals surface area contributed by atoms with Gasteiger partial charge in [-0.1, -0.05) is 62.7 Å². The summed E-state index contributed by atoms with van der Waals surface area (Å²) in [6.07, 6.45) is 1.86. The van der Waals surface area contributed by atoms with E-state index in [0.29, 0.717) is 32.4 Å². The number of nitrogens with zero attached hydrogens (tertiary/aromatic N) is 1. The van der Waals surface area contributed by atoms with Crippen molar-refractivity contribution in [1.29, 1.82) is 0 Å². The van der Waals surface area contributed by atoms with Crippen molar-refractivity contribution in [3.05, 3.63) is 65.2 Å². The van der Waals surface area contributed by atoms with Crippen molar-refractivity contribution in [3.63, 3.8) is 0 Å². The maximum atomic E-state index is 12.6. The third-order valence-corrected chi connectivity index (χ3v) is 5.67. The van der Waals surface area contributed by atoms with Gasteiger partial charge in [0.1, 0.15) is 0 Å².